The Morgan fingerprint density at radius 2 is 1.78 bits per heavy atom. The number of benzene rings is 1. The summed E-state index contributed by atoms with van der Waals surface area (Å²) in [5.41, 5.74) is 1.94. The number of carbonyl (C=O) groups excluding carboxylic acids is 2. The van der Waals surface area contributed by atoms with Crippen LogP contribution in [-0.4, -0.2) is 42.0 Å². The van der Waals surface area contributed by atoms with E-state index in [0.29, 0.717) is 24.3 Å². The highest BCUT2D eigenvalue weighted by atomic mass is 16.5. The van der Waals surface area contributed by atoms with E-state index in [2.05, 4.69) is 5.32 Å². The smallest absolute Gasteiger partial charge is 0.256 e. The Bertz CT molecular complexity index is 610. The van der Waals surface area contributed by atoms with Gasteiger partial charge in [0.2, 0.25) is 5.91 Å². The molecule has 2 rings (SSSR count). The molecule has 1 fully saturated rings. The van der Waals surface area contributed by atoms with Gasteiger partial charge in [-0.2, -0.15) is 0 Å². The lowest BCUT2D eigenvalue weighted by atomic mass is 10.1. The minimum absolute atomic E-state index is 0.00938. The van der Waals surface area contributed by atoms with E-state index in [1.165, 1.54) is 6.08 Å². The zero-order valence-corrected chi connectivity index (χ0v) is 14.1. The number of nitrogens with zero attached hydrogens (tertiary/aromatic N) is 1. The van der Waals surface area contributed by atoms with Crippen LogP contribution in [0.5, 0.6) is 0 Å². The van der Waals surface area contributed by atoms with Crippen molar-refractivity contribution < 1.29 is 14.3 Å². The molecule has 0 radical (unpaired) electrons. The van der Waals surface area contributed by atoms with Gasteiger partial charge in [0.05, 0.1) is 23.5 Å². The fourth-order valence-corrected chi connectivity index (χ4v) is 2.72. The fourth-order valence-electron chi connectivity index (χ4n) is 2.72. The Morgan fingerprint density at radius 3 is 2.39 bits per heavy atom. The summed E-state index contributed by atoms with van der Waals surface area (Å²) in [5.74, 6) is -0.311. The van der Waals surface area contributed by atoms with Crippen LogP contribution in [0.15, 0.2) is 35.9 Å². The summed E-state index contributed by atoms with van der Waals surface area (Å²) >= 11 is 0. The van der Waals surface area contributed by atoms with Crippen LogP contribution in [0.2, 0.25) is 0 Å². The van der Waals surface area contributed by atoms with Gasteiger partial charge >= 0.3 is 0 Å². The summed E-state index contributed by atoms with van der Waals surface area (Å²) in [7, 11) is 0. The molecule has 1 aliphatic heterocycles. The summed E-state index contributed by atoms with van der Waals surface area (Å²) in [6, 6.07) is 7.10. The van der Waals surface area contributed by atoms with Gasteiger partial charge < -0.3 is 15.0 Å². The number of amides is 2. The summed E-state index contributed by atoms with van der Waals surface area (Å²) in [6.07, 6.45) is 1.53. The molecule has 5 heteroatoms. The molecular formula is C18H24N2O3. The first-order valence-electron chi connectivity index (χ1n) is 7.86. The van der Waals surface area contributed by atoms with Gasteiger partial charge in [0.15, 0.2) is 0 Å². The van der Waals surface area contributed by atoms with Crippen molar-refractivity contribution in [2.24, 2.45) is 0 Å². The highest BCUT2D eigenvalue weighted by Crippen LogP contribution is 2.20. The second-order valence-electron chi connectivity index (χ2n) is 6.22. The molecule has 124 valence electrons. The van der Waals surface area contributed by atoms with Crippen molar-refractivity contribution in [2.45, 2.75) is 39.9 Å². The number of allylic oxidation sites excluding steroid dienone is 1. The van der Waals surface area contributed by atoms with E-state index in [9.17, 15) is 9.59 Å². The van der Waals surface area contributed by atoms with Gasteiger partial charge in [-0.1, -0.05) is 17.7 Å². The number of hydrogen-bond acceptors (Lipinski definition) is 3. The van der Waals surface area contributed by atoms with Gasteiger partial charge in [0, 0.05) is 19.2 Å². The first-order chi connectivity index (χ1) is 10.9. The topological polar surface area (TPSA) is 58.6 Å². The molecular weight excluding hydrogens is 292 g/mol. The highest BCUT2D eigenvalue weighted by molar-refractivity contribution is 6.06. The third-order valence-corrected chi connectivity index (χ3v) is 3.54. The minimum Gasteiger partial charge on any atom is -0.372 e. The molecule has 5 nitrogen and oxygen atoms in total. The van der Waals surface area contributed by atoms with Crippen LogP contribution in [-0.2, 0) is 9.53 Å². The summed E-state index contributed by atoms with van der Waals surface area (Å²) in [4.78, 5) is 26.5. The van der Waals surface area contributed by atoms with Gasteiger partial charge in [-0.25, -0.2) is 0 Å². The molecule has 0 bridgehead atoms. The Labute approximate surface area is 137 Å². The molecule has 23 heavy (non-hydrogen) atoms. The molecule has 2 atom stereocenters. The van der Waals surface area contributed by atoms with E-state index in [1.807, 2.05) is 27.7 Å². The third kappa shape index (κ3) is 4.66. The normalized spacial score (nSPS) is 20.8. The Hall–Kier alpha value is -2.14. The number of hydrogen-bond donors (Lipinski definition) is 1. The average Bonchev–Trinajstić information content (AvgIpc) is 2.45. The van der Waals surface area contributed by atoms with Crippen LogP contribution < -0.4 is 5.32 Å². The lowest BCUT2D eigenvalue weighted by Gasteiger charge is -2.35. The van der Waals surface area contributed by atoms with E-state index >= 15 is 0 Å². The molecule has 0 aromatic heterocycles. The Kier molecular flexibility index (Phi) is 5.55. The second kappa shape index (κ2) is 7.42. The number of ether oxygens (including phenoxy) is 1. The van der Waals surface area contributed by atoms with Crippen molar-refractivity contribution in [1.29, 1.82) is 0 Å². The van der Waals surface area contributed by atoms with E-state index in [-0.39, 0.29) is 24.0 Å². The van der Waals surface area contributed by atoms with E-state index in [4.69, 9.17) is 4.74 Å². The van der Waals surface area contributed by atoms with E-state index in [1.54, 1.807) is 29.2 Å². The molecule has 1 N–H and O–H groups in total. The van der Waals surface area contributed by atoms with Gasteiger partial charge in [-0.3, -0.25) is 9.59 Å². The molecule has 1 saturated heterocycles. The van der Waals surface area contributed by atoms with Crippen molar-refractivity contribution in [3.8, 4) is 0 Å². The quantitative estimate of drug-likeness (QED) is 0.872. The van der Waals surface area contributed by atoms with Crippen LogP contribution in [0.3, 0.4) is 0 Å². The van der Waals surface area contributed by atoms with Crippen LogP contribution >= 0.6 is 0 Å². The van der Waals surface area contributed by atoms with Crippen LogP contribution in [0.1, 0.15) is 38.1 Å². The average molecular weight is 316 g/mol. The van der Waals surface area contributed by atoms with Crippen molar-refractivity contribution >= 4 is 17.5 Å². The first-order valence-corrected chi connectivity index (χ1v) is 7.86. The monoisotopic (exact) mass is 316 g/mol. The predicted octanol–water partition coefficient (Wildman–Crippen LogP) is 2.84. The molecule has 0 saturated carbocycles. The Balaban J connectivity index is 2.20. The Morgan fingerprint density at radius 1 is 1.17 bits per heavy atom. The number of carbonyl (C=O) groups is 2. The number of anilines is 1. The zero-order chi connectivity index (χ0) is 17.0. The standard InChI is InChI=1S/C18H24N2O3/c1-12(2)9-17(21)19-16-8-6-5-7-15(16)18(22)20-10-13(3)23-14(4)11-20/h5-9,13-14H,10-11H2,1-4H3,(H,19,21). The molecule has 2 amide bonds. The minimum atomic E-state index is -0.228. The summed E-state index contributed by atoms with van der Waals surface area (Å²) < 4.78 is 5.67. The number of para-hydroxylation sites is 1. The van der Waals surface area contributed by atoms with Crippen molar-refractivity contribution in [3.05, 3.63) is 41.5 Å². The maximum absolute atomic E-state index is 12.8. The van der Waals surface area contributed by atoms with Gasteiger partial charge in [-0.05, 0) is 39.8 Å². The maximum Gasteiger partial charge on any atom is 0.256 e. The molecule has 2 unspecified atom stereocenters. The number of morpholine rings is 1. The zero-order valence-electron chi connectivity index (χ0n) is 14.1. The summed E-state index contributed by atoms with van der Waals surface area (Å²) in [6.45, 7) is 8.73. The number of rotatable bonds is 3. The van der Waals surface area contributed by atoms with Crippen molar-refractivity contribution in [1.82, 2.24) is 4.90 Å². The van der Waals surface area contributed by atoms with Crippen molar-refractivity contribution in [2.75, 3.05) is 18.4 Å². The molecule has 1 aromatic rings. The fraction of sp³-hybridized carbons (Fsp3) is 0.444. The highest BCUT2D eigenvalue weighted by Gasteiger charge is 2.27. The summed E-state index contributed by atoms with van der Waals surface area (Å²) in [5, 5.41) is 2.79. The molecule has 1 aromatic carbocycles. The predicted molar refractivity (Wildman–Crippen MR) is 90.4 cm³/mol. The van der Waals surface area contributed by atoms with Gasteiger partial charge in [0.1, 0.15) is 0 Å². The molecule has 1 aliphatic rings. The maximum atomic E-state index is 12.8. The largest absolute Gasteiger partial charge is 0.372 e. The van der Waals surface area contributed by atoms with Crippen LogP contribution in [0, 0.1) is 0 Å². The van der Waals surface area contributed by atoms with Crippen LogP contribution in [0.25, 0.3) is 0 Å². The SMILES string of the molecule is CC(C)=CC(=O)Nc1ccccc1C(=O)N1CC(C)OC(C)C1. The van der Waals surface area contributed by atoms with Crippen molar-refractivity contribution in [3.63, 3.8) is 0 Å². The lowest BCUT2D eigenvalue weighted by Crippen LogP contribution is -2.48. The lowest BCUT2D eigenvalue weighted by molar-refractivity contribution is -0.111. The number of nitrogens with one attached hydrogen (secondary N) is 1. The second-order valence-corrected chi connectivity index (χ2v) is 6.22. The molecule has 1 heterocycles. The third-order valence-electron chi connectivity index (χ3n) is 3.54. The molecule has 0 spiro atoms. The first kappa shape index (κ1) is 17.2. The van der Waals surface area contributed by atoms with E-state index in [0.717, 1.165) is 5.57 Å². The van der Waals surface area contributed by atoms with Crippen LogP contribution in [0.4, 0.5) is 5.69 Å². The van der Waals surface area contributed by atoms with Gasteiger partial charge in [0.25, 0.3) is 5.91 Å². The van der Waals surface area contributed by atoms with E-state index < -0.39 is 0 Å². The van der Waals surface area contributed by atoms with Gasteiger partial charge in [-0.15, -0.1) is 0 Å². The molecule has 0 aliphatic carbocycles.